The van der Waals surface area contributed by atoms with E-state index in [1.165, 1.54) is 0 Å². The molecule has 0 radical (unpaired) electrons. The molecule has 2 aromatic rings. The molecule has 0 aromatic heterocycles. The van der Waals surface area contributed by atoms with Gasteiger partial charge in [0, 0.05) is 12.0 Å². The molecule has 0 aliphatic heterocycles. The van der Waals surface area contributed by atoms with Gasteiger partial charge < -0.3 is 9.47 Å². The summed E-state index contributed by atoms with van der Waals surface area (Å²) in [7, 11) is 1.60. The van der Waals surface area contributed by atoms with Gasteiger partial charge in [0.15, 0.2) is 17.3 Å². The Labute approximate surface area is 124 Å². The zero-order chi connectivity index (χ0) is 14.7. The Hall–Kier alpha value is -2.29. The summed E-state index contributed by atoms with van der Waals surface area (Å²) in [4.78, 5) is 11.9. The van der Waals surface area contributed by atoms with Gasteiger partial charge in [0.05, 0.1) is 7.11 Å². The third kappa shape index (κ3) is 2.92. The van der Waals surface area contributed by atoms with Crippen LogP contribution in [0.4, 0.5) is 0 Å². The van der Waals surface area contributed by atoms with E-state index in [-0.39, 0.29) is 5.78 Å². The molecule has 2 aromatic carbocycles. The Balaban J connectivity index is 1.86. The molecule has 21 heavy (non-hydrogen) atoms. The molecular weight excluding hydrogens is 264 g/mol. The average molecular weight is 282 g/mol. The Morgan fingerprint density at radius 3 is 2.62 bits per heavy atom. The second kappa shape index (κ2) is 6.00. The van der Waals surface area contributed by atoms with Crippen LogP contribution in [0, 0.1) is 0 Å². The summed E-state index contributed by atoms with van der Waals surface area (Å²) >= 11 is 0. The molecule has 0 spiro atoms. The van der Waals surface area contributed by atoms with E-state index in [4.69, 9.17) is 9.47 Å². The SMILES string of the molecule is COc1cc2c(cc1OCc1ccccc1)CCCC2=O. The van der Waals surface area contributed by atoms with E-state index in [1.54, 1.807) is 7.11 Å². The second-order valence-corrected chi connectivity index (χ2v) is 5.21. The molecule has 0 N–H and O–H groups in total. The van der Waals surface area contributed by atoms with Crippen molar-refractivity contribution in [3.8, 4) is 11.5 Å². The van der Waals surface area contributed by atoms with Crippen LogP contribution in [-0.4, -0.2) is 12.9 Å². The number of fused-ring (bicyclic) bond motifs is 1. The van der Waals surface area contributed by atoms with E-state index < -0.39 is 0 Å². The Kier molecular flexibility index (Phi) is 3.91. The minimum Gasteiger partial charge on any atom is -0.493 e. The molecule has 0 saturated carbocycles. The summed E-state index contributed by atoms with van der Waals surface area (Å²) in [5.74, 6) is 1.53. The largest absolute Gasteiger partial charge is 0.493 e. The lowest BCUT2D eigenvalue weighted by Gasteiger charge is -2.18. The van der Waals surface area contributed by atoms with Crippen molar-refractivity contribution in [1.82, 2.24) is 0 Å². The monoisotopic (exact) mass is 282 g/mol. The van der Waals surface area contributed by atoms with E-state index >= 15 is 0 Å². The molecular formula is C18H18O3. The number of carbonyl (C=O) groups is 1. The van der Waals surface area contributed by atoms with Crippen LogP contribution < -0.4 is 9.47 Å². The maximum atomic E-state index is 11.9. The number of ketones is 1. The molecule has 3 nitrogen and oxygen atoms in total. The van der Waals surface area contributed by atoms with Crippen molar-refractivity contribution in [3.63, 3.8) is 0 Å². The highest BCUT2D eigenvalue weighted by atomic mass is 16.5. The van der Waals surface area contributed by atoms with Crippen molar-refractivity contribution < 1.29 is 14.3 Å². The fraction of sp³-hybridized carbons (Fsp3) is 0.278. The average Bonchev–Trinajstić information content (AvgIpc) is 2.53. The van der Waals surface area contributed by atoms with Crippen LogP contribution in [0.3, 0.4) is 0 Å². The normalized spacial score (nSPS) is 13.7. The molecule has 0 fully saturated rings. The summed E-state index contributed by atoms with van der Waals surface area (Å²) in [6.07, 6.45) is 2.46. The van der Waals surface area contributed by atoms with Crippen LogP contribution in [0.25, 0.3) is 0 Å². The van der Waals surface area contributed by atoms with E-state index in [0.29, 0.717) is 24.5 Å². The minimum atomic E-state index is 0.198. The summed E-state index contributed by atoms with van der Waals surface area (Å²) in [5, 5.41) is 0. The third-order valence-electron chi connectivity index (χ3n) is 3.78. The number of carbonyl (C=O) groups excluding carboxylic acids is 1. The number of hydrogen-bond acceptors (Lipinski definition) is 3. The molecule has 0 amide bonds. The van der Waals surface area contributed by atoms with Crippen molar-refractivity contribution in [1.29, 1.82) is 0 Å². The molecule has 0 unspecified atom stereocenters. The van der Waals surface area contributed by atoms with Gasteiger partial charge in [0.1, 0.15) is 6.61 Å². The second-order valence-electron chi connectivity index (χ2n) is 5.21. The van der Waals surface area contributed by atoms with Crippen molar-refractivity contribution in [2.45, 2.75) is 25.9 Å². The van der Waals surface area contributed by atoms with Gasteiger partial charge >= 0.3 is 0 Å². The van der Waals surface area contributed by atoms with E-state index in [1.807, 2.05) is 42.5 Å². The van der Waals surface area contributed by atoms with Crippen molar-refractivity contribution >= 4 is 5.78 Å². The zero-order valence-electron chi connectivity index (χ0n) is 12.1. The van der Waals surface area contributed by atoms with E-state index in [2.05, 4.69) is 0 Å². The molecule has 1 aliphatic carbocycles. The fourth-order valence-corrected chi connectivity index (χ4v) is 2.65. The van der Waals surface area contributed by atoms with Gasteiger partial charge in [-0.15, -0.1) is 0 Å². The van der Waals surface area contributed by atoms with Gasteiger partial charge in [-0.3, -0.25) is 4.79 Å². The van der Waals surface area contributed by atoms with Gasteiger partial charge in [-0.25, -0.2) is 0 Å². The lowest BCUT2D eigenvalue weighted by molar-refractivity contribution is 0.0972. The van der Waals surface area contributed by atoms with E-state index in [0.717, 1.165) is 29.5 Å². The summed E-state index contributed by atoms with van der Waals surface area (Å²) < 4.78 is 11.3. The van der Waals surface area contributed by atoms with Gasteiger partial charge in [-0.2, -0.15) is 0 Å². The first-order chi connectivity index (χ1) is 10.3. The van der Waals surface area contributed by atoms with Crippen molar-refractivity contribution in [3.05, 3.63) is 59.2 Å². The van der Waals surface area contributed by atoms with Crippen molar-refractivity contribution in [2.24, 2.45) is 0 Å². The van der Waals surface area contributed by atoms with Crippen LogP contribution in [-0.2, 0) is 13.0 Å². The highest BCUT2D eigenvalue weighted by Gasteiger charge is 2.20. The van der Waals surface area contributed by atoms with Gasteiger partial charge in [0.25, 0.3) is 0 Å². The van der Waals surface area contributed by atoms with Gasteiger partial charge in [-0.1, -0.05) is 30.3 Å². The highest BCUT2D eigenvalue weighted by Crippen LogP contribution is 2.34. The molecule has 0 heterocycles. The number of aryl methyl sites for hydroxylation is 1. The zero-order valence-corrected chi connectivity index (χ0v) is 12.1. The van der Waals surface area contributed by atoms with Crippen molar-refractivity contribution in [2.75, 3.05) is 7.11 Å². The highest BCUT2D eigenvalue weighted by molar-refractivity contribution is 5.99. The van der Waals surface area contributed by atoms with E-state index in [9.17, 15) is 4.79 Å². The number of rotatable bonds is 4. The Morgan fingerprint density at radius 2 is 1.86 bits per heavy atom. The van der Waals surface area contributed by atoms with Crippen LogP contribution in [0.1, 0.15) is 34.3 Å². The first-order valence-electron chi connectivity index (χ1n) is 7.19. The number of ether oxygens (including phenoxy) is 2. The maximum Gasteiger partial charge on any atom is 0.163 e. The van der Waals surface area contributed by atoms with Crippen LogP contribution in [0.15, 0.2) is 42.5 Å². The summed E-state index contributed by atoms with van der Waals surface area (Å²) in [5.41, 5.74) is 2.95. The molecule has 0 saturated heterocycles. The Bertz CT molecular complexity index is 647. The molecule has 3 rings (SSSR count). The Morgan fingerprint density at radius 1 is 1.05 bits per heavy atom. The lowest BCUT2D eigenvalue weighted by atomic mass is 9.90. The summed E-state index contributed by atoms with van der Waals surface area (Å²) in [6, 6.07) is 13.8. The molecule has 0 bridgehead atoms. The topological polar surface area (TPSA) is 35.5 Å². The predicted octanol–water partition coefficient (Wildman–Crippen LogP) is 3.79. The standard InChI is InChI=1S/C18H18O3/c1-20-17-11-15-14(8-5-9-16(15)19)10-18(17)21-12-13-6-3-2-4-7-13/h2-4,6-7,10-11H,5,8-9,12H2,1H3. The molecule has 108 valence electrons. The number of Topliss-reactive ketones (excluding diaryl/α,β-unsaturated/α-hetero) is 1. The first-order valence-corrected chi connectivity index (χ1v) is 7.19. The minimum absolute atomic E-state index is 0.198. The van der Waals surface area contributed by atoms with Gasteiger partial charge in [0.2, 0.25) is 0 Å². The number of hydrogen-bond donors (Lipinski definition) is 0. The third-order valence-corrected chi connectivity index (χ3v) is 3.78. The maximum absolute atomic E-state index is 11.9. The van der Waals surface area contributed by atoms with Crippen LogP contribution in [0.2, 0.25) is 0 Å². The predicted molar refractivity (Wildman–Crippen MR) is 81.0 cm³/mol. The lowest BCUT2D eigenvalue weighted by Crippen LogP contribution is -2.11. The van der Waals surface area contributed by atoms with Crippen LogP contribution >= 0.6 is 0 Å². The van der Waals surface area contributed by atoms with Crippen LogP contribution in [0.5, 0.6) is 11.5 Å². The number of methoxy groups -OCH3 is 1. The molecule has 1 aliphatic rings. The molecule has 0 atom stereocenters. The summed E-state index contributed by atoms with van der Waals surface area (Å²) in [6.45, 7) is 0.490. The quantitative estimate of drug-likeness (QED) is 0.855. The fourth-order valence-electron chi connectivity index (χ4n) is 2.65. The smallest absolute Gasteiger partial charge is 0.163 e. The van der Waals surface area contributed by atoms with Gasteiger partial charge in [-0.05, 0) is 36.1 Å². The number of benzene rings is 2. The first kappa shape index (κ1) is 13.7. The molecule has 3 heteroatoms.